The number of hydrogen-bond donors (Lipinski definition) is 0. The van der Waals surface area contributed by atoms with Crippen LogP contribution < -0.4 is 0 Å². The predicted octanol–water partition coefficient (Wildman–Crippen LogP) is 4.94. The van der Waals surface area contributed by atoms with Crippen molar-refractivity contribution in [1.82, 2.24) is 24.5 Å². The van der Waals surface area contributed by atoms with Gasteiger partial charge in [0.05, 0.1) is 23.1 Å². The zero-order valence-electron chi connectivity index (χ0n) is 23.3. The molecule has 0 radical (unpaired) electrons. The van der Waals surface area contributed by atoms with Crippen LogP contribution in [0.1, 0.15) is 61.1 Å². The Morgan fingerprint density at radius 1 is 0.846 bits per heavy atom. The Balaban J connectivity index is 1.31. The lowest BCUT2D eigenvalue weighted by molar-refractivity contribution is 0.0202. The molecule has 8 heteroatoms. The van der Waals surface area contributed by atoms with E-state index in [1.165, 1.54) is 5.56 Å². The number of carbonyl (C=O) groups excluding carboxylic acids is 2. The van der Waals surface area contributed by atoms with Gasteiger partial charge in [0.25, 0.3) is 5.91 Å². The molecule has 0 spiro atoms. The van der Waals surface area contributed by atoms with Crippen LogP contribution in [-0.2, 0) is 11.3 Å². The van der Waals surface area contributed by atoms with Gasteiger partial charge in [0, 0.05) is 51.7 Å². The summed E-state index contributed by atoms with van der Waals surface area (Å²) in [7, 11) is 0. The Morgan fingerprint density at radius 3 is 2.08 bits per heavy atom. The number of amides is 2. The third-order valence-corrected chi connectivity index (χ3v) is 7.48. The lowest BCUT2D eigenvalue weighted by Gasteiger charge is -2.36. The summed E-state index contributed by atoms with van der Waals surface area (Å²) in [6.45, 7) is 10.8. The second kappa shape index (κ2) is 11.6. The SMILES string of the molecule is CC(C)(C)OC(=O)N1CCC(c2c(C(=O)N3CCN(Cc4ccccc4)CC3)cnn2-c2ccccc2)CC1. The van der Waals surface area contributed by atoms with E-state index in [1.54, 1.807) is 11.1 Å². The largest absolute Gasteiger partial charge is 0.444 e. The van der Waals surface area contributed by atoms with Gasteiger partial charge < -0.3 is 14.5 Å². The van der Waals surface area contributed by atoms with Crippen LogP contribution >= 0.6 is 0 Å². The van der Waals surface area contributed by atoms with Crippen molar-refractivity contribution < 1.29 is 14.3 Å². The first-order chi connectivity index (χ1) is 18.8. The number of rotatable bonds is 5. The molecule has 8 nitrogen and oxygen atoms in total. The van der Waals surface area contributed by atoms with Crippen molar-refractivity contribution in [2.24, 2.45) is 0 Å². The van der Waals surface area contributed by atoms with Crippen LogP contribution in [0.2, 0.25) is 0 Å². The molecule has 5 rings (SSSR count). The molecule has 0 aliphatic carbocycles. The monoisotopic (exact) mass is 529 g/mol. The molecule has 2 fully saturated rings. The standard InChI is InChI=1S/C31H39N5O3/c1-31(2,3)39-30(38)35-16-14-25(15-17-35)28-27(22-32-36(28)26-12-8-5-9-13-26)29(37)34-20-18-33(19-21-34)23-24-10-6-4-7-11-24/h4-13,22,25H,14-21,23H2,1-3H3. The highest BCUT2D eigenvalue weighted by atomic mass is 16.6. The van der Waals surface area contributed by atoms with E-state index in [2.05, 4.69) is 29.2 Å². The lowest BCUT2D eigenvalue weighted by atomic mass is 9.90. The van der Waals surface area contributed by atoms with Crippen molar-refractivity contribution in [1.29, 1.82) is 0 Å². The molecule has 3 aromatic rings. The van der Waals surface area contributed by atoms with Gasteiger partial charge in [-0.3, -0.25) is 9.69 Å². The third kappa shape index (κ3) is 6.50. The van der Waals surface area contributed by atoms with E-state index < -0.39 is 5.60 Å². The average Bonchev–Trinajstić information content (AvgIpc) is 3.38. The molecule has 0 saturated carbocycles. The fourth-order valence-corrected chi connectivity index (χ4v) is 5.47. The van der Waals surface area contributed by atoms with Crippen molar-refractivity contribution in [3.8, 4) is 5.69 Å². The fraction of sp³-hybridized carbons (Fsp3) is 0.452. The topological polar surface area (TPSA) is 70.9 Å². The number of carbonyl (C=O) groups is 2. The van der Waals surface area contributed by atoms with Crippen LogP contribution in [0.15, 0.2) is 66.9 Å². The van der Waals surface area contributed by atoms with Gasteiger partial charge in [-0.1, -0.05) is 48.5 Å². The molecule has 39 heavy (non-hydrogen) atoms. The minimum Gasteiger partial charge on any atom is -0.444 e. The quantitative estimate of drug-likeness (QED) is 0.468. The number of benzene rings is 2. The highest BCUT2D eigenvalue weighted by Crippen LogP contribution is 2.33. The Hall–Kier alpha value is -3.65. The van der Waals surface area contributed by atoms with Crippen LogP contribution in [0.4, 0.5) is 4.79 Å². The van der Waals surface area contributed by atoms with Crippen LogP contribution in [0, 0.1) is 0 Å². The molecule has 2 aliphatic rings. The maximum absolute atomic E-state index is 13.9. The highest BCUT2D eigenvalue weighted by Gasteiger charge is 2.34. The summed E-state index contributed by atoms with van der Waals surface area (Å²) in [6, 6.07) is 20.5. The lowest BCUT2D eigenvalue weighted by Crippen LogP contribution is -2.48. The van der Waals surface area contributed by atoms with Gasteiger partial charge in [-0.2, -0.15) is 5.10 Å². The summed E-state index contributed by atoms with van der Waals surface area (Å²) in [5.41, 5.74) is 3.33. The van der Waals surface area contributed by atoms with Crippen LogP contribution in [-0.4, -0.2) is 81.4 Å². The zero-order valence-corrected chi connectivity index (χ0v) is 23.3. The van der Waals surface area contributed by atoms with E-state index in [0.29, 0.717) is 31.7 Å². The molecule has 0 atom stereocenters. The van der Waals surface area contributed by atoms with Crippen LogP contribution in [0.3, 0.4) is 0 Å². The maximum atomic E-state index is 13.9. The number of piperidine rings is 1. The molecule has 2 saturated heterocycles. The summed E-state index contributed by atoms with van der Waals surface area (Å²) < 4.78 is 7.51. The number of nitrogens with zero attached hydrogens (tertiary/aromatic N) is 5. The number of likely N-dealkylation sites (tertiary alicyclic amines) is 1. The number of aromatic nitrogens is 2. The van der Waals surface area contributed by atoms with Crippen molar-refractivity contribution in [3.63, 3.8) is 0 Å². The van der Waals surface area contributed by atoms with E-state index in [0.717, 1.165) is 43.9 Å². The normalized spacial score (nSPS) is 17.3. The summed E-state index contributed by atoms with van der Waals surface area (Å²) >= 11 is 0. The van der Waals surface area contributed by atoms with Crippen molar-refractivity contribution in [2.75, 3.05) is 39.3 Å². The number of piperazine rings is 1. The van der Waals surface area contributed by atoms with Crippen LogP contribution in [0.25, 0.3) is 5.69 Å². The summed E-state index contributed by atoms with van der Waals surface area (Å²) in [5, 5.41) is 4.70. The van der Waals surface area contributed by atoms with Gasteiger partial charge in [-0.05, 0) is 51.3 Å². The Labute approximate surface area is 231 Å². The predicted molar refractivity (Wildman–Crippen MR) is 151 cm³/mol. The maximum Gasteiger partial charge on any atom is 0.410 e. The van der Waals surface area contributed by atoms with Gasteiger partial charge in [-0.15, -0.1) is 0 Å². The van der Waals surface area contributed by atoms with Gasteiger partial charge in [0.15, 0.2) is 0 Å². The average molecular weight is 530 g/mol. The molecule has 206 valence electrons. The summed E-state index contributed by atoms with van der Waals surface area (Å²) in [6.07, 6.45) is 2.97. The Bertz CT molecular complexity index is 1250. The van der Waals surface area contributed by atoms with E-state index >= 15 is 0 Å². The van der Waals surface area contributed by atoms with Crippen LogP contribution in [0.5, 0.6) is 0 Å². The minimum atomic E-state index is -0.523. The first-order valence-corrected chi connectivity index (χ1v) is 14.0. The molecule has 0 unspecified atom stereocenters. The van der Waals surface area contributed by atoms with Crippen molar-refractivity contribution in [2.45, 2.75) is 51.7 Å². The number of hydrogen-bond acceptors (Lipinski definition) is 5. The smallest absolute Gasteiger partial charge is 0.410 e. The molecule has 2 amide bonds. The fourth-order valence-electron chi connectivity index (χ4n) is 5.47. The highest BCUT2D eigenvalue weighted by molar-refractivity contribution is 5.95. The molecule has 3 heterocycles. The molecule has 2 aromatic carbocycles. The third-order valence-electron chi connectivity index (χ3n) is 7.48. The molecular formula is C31H39N5O3. The second-order valence-electron chi connectivity index (χ2n) is 11.5. The molecule has 2 aliphatic heterocycles. The van der Waals surface area contributed by atoms with Gasteiger partial charge >= 0.3 is 6.09 Å². The molecule has 1 aromatic heterocycles. The Morgan fingerprint density at radius 2 is 1.46 bits per heavy atom. The summed E-state index contributed by atoms with van der Waals surface area (Å²) in [5.74, 6) is 0.158. The Kier molecular flexibility index (Phi) is 8.02. The van der Waals surface area contributed by atoms with E-state index in [-0.39, 0.29) is 17.9 Å². The first-order valence-electron chi connectivity index (χ1n) is 14.0. The van der Waals surface area contributed by atoms with Gasteiger partial charge in [-0.25, -0.2) is 9.48 Å². The van der Waals surface area contributed by atoms with Crippen molar-refractivity contribution in [3.05, 3.63) is 83.7 Å². The summed E-state index contributed by atoms with van der Waals surface area (Å²) in [4.78, 5) is 32.7. The minimum absolute atomic E-state index is 0.0427. The van der Waals surface area contributed by atoms with E-state index in [4.69, 9.17) is 9.84 Å². The van der Waals surface area contributed by atoms with E-state index in [1.807, 2.05) is 66.8 Å². The van der Waals surface area contributed by atoms with Gasteiger partial charge in [0.2, 0.25) is 0 Å². The number of ether oxygens (including phenoxy) is 1. The molecule has 0 bridgehead atoms. The van der Waals surface area contributed by atoms with E-state index in [9.17, 15) is 9.59 Å². The zero-order chi connectivity index (χ0) is 27.4. The van der Waals surface area contributed by atoms with Crippen molar-refractivity contribution >= 4 is 12.0 Å². The molecule has 0 N–H and O–H groups in total. The number of para-hydroxylation sites is 1. The molecular weight excluding hydrogens is 490 g/mol. The second-order valence-corrected chi connectivity index (χ2v) is 11.5. The van der Waals surface area contributed by atoms with Gasteiger partial charge in [0.1, 0.15) is 5.60 Å². The first kappa shape index (κ1) is 26.9.